The van der Waals surface area contributed by atoms with Crippen LogP contribution in [0.3, 0.4) is 0 Å². The van der Waals surface area contributed by atoms with Crippen molar-refractivity contribution in [2.75, 3.05) is 26.1 Å². The molecule has 0 amide bonds. The Morgan fingerprint density at radius 1 is 1.21 bits per heavy atom. The van der Waals surface area contributed by atoms with Crippen molar-refractivity contribution in [2.45, 2.75) is 25.4 Å². The summed E-state index contributed by atoms with van der Waals surface area (Å²) in [6, 6.07) is 3.51. The highest BCUT2D eigenvalue weighted by Crippen LogP contribution is 2.34. The molecule has 1 atom stereocenters. The molecule has 0 radical (unpaired) electrons. The number of hydrogen-bond acceptors (Lipinski definition) is 7. The van der Waals surface area contributed by atoms with E-state index in [0.717, 1.165) is 18.4 Å². The Labute approximate surface area is 172 Å². The highest BCUT2D eigenvalue weighted by Gasteiger charge is 2.16. The Hall–Kier alpha value is -2.13. The van der Waals surface area contributed by atoms with Crippen LogP contribution in [0.5, 0.6) is 5.75 Å². The molecular formula is C18H22Cl2N6O2. The normalized spacial score (nSPS) is 12.4. The molecule has 10 heteroatoms. The van der Waals surface area contributed by atoms with Crippen molar-refractivity contribution < 1.29 is 9.47 Å². The highest BCUT2D eigenvalue weighted by molar-refractivity contribution is 6.42. The monoisotopic (exact) mass is 424 g/mol. The van der Waals surface area contributed by atoms with Gasteiger partial charge in [0, 0.05) is 18.7 Å². The van der Waals surface area contributed by atoms with Crippen molar-refractivity contribution in [3.05, 3.63) is 40.4 Å². The van der Waals surface area contributed by atoms with E-state index < -0.39 is 0 Å². The fraction of sp³-hybridized carbons (Fsp3) is 0.389. The Morgan fingerprint density at radius 3 is 2.82 bits per heavy atom. The second kappa shape index (κ2) is 9.38. The summed E-state index contributed by atoms with van der Waals surface area (Å²) in [6.45, 7) is 1.41. The van der Waals surface area contributed by atoms with Crippen LogP contribution in [0, 0.1) is 0 Å². The molecule has 28 heavy (non-hydrogen) atoms. The standard InChI is InChI=1S/C18H22Cl2N6O2/c1-27-8-11(21)3-2-6-28-14-5-4-13(19)15(20)12(14)7-26-10-25-16-17(22)23-9-24-18(16)26/h4-5,9-11H,2-3,6-8,21H2,1H3,(H2,22,23,24). The van der Waals surface area contributed by atoms with Crippen LogP contribution >= 0.6 is 23.2 Å². The number of rotatable bonds is 9. The fourth-order valence-electron chi connectivity index (χ4n) is 2.87. The van der Waals surface area contributed by atoms with E-state index in [-0.39, 0.29) is 6.04 Å². The van der Waals surface area contributed by atoms with Gasteiger partial charge in [0.25, 0.3) is 0 Å². The van der Waals surface area contributed by atoms with Gasteiger partial charge in [0.15, 0.2) is 11.5 Å². The van der Waals surface area contributed by atoms with Gasteiger partial charge in [0.2, 0.25) is 0 Å². The van der Waals surface area contributed by atoms with Gasteiger partial charge in [-0.2, -0.15) is 0 Å². The SMILES string of the molecule is COCC(N)CCCOc1ccc(Cl)c(Cl)c1Cn1cnc2c(N)ncnc21. The number of nitrogen functional groups attached to an aromatic ring is 1. The van der Waals surface area contributed by atoms with E-state index in [1.54, 1.807) is 25.6 Å². The molecule has 1 unspecified atom stereocenters. The van der Waals surface area contributed by atoms with E-state index in [9.17, 15) is 0 Å². The maximum atomic E-state index is 6.46. The van der Waals surface area contributed by atoms with E-state index in [1.165, 1.54) is 6.33 Å². The lowest BCUT2D eigenvalue weighted by molar-refractivity contribution is 0.172. The molecule has 8 nitrogen and oxygen atoms in total. The summed E-state index contributed by atoms with van der Waals surface area (Å²) in [7, 11) is 1.64. The minimum atomic E-state index is -0.00988. The van der Waals surface area contributed by atoms with Gasteiger partial charge in [-0.3, -0.25) is 0 Å². The van der Waals surface area contributed by atoms with E-state index in [0.29, 0.717) is 52.5 Å². The van der Waals surface area contributed by atoms with Crippen LogP contribution in [0.2, 0.25) is 10.0 Å². The molecule has 4 N–H and O–H groups in total. The van der Waals surface area contributed by atoms with Crippen LogP contribution < -0.4 is 16.2 Å². The number of aromatic nitrogens is 4. The quantitative estimate of drug-likeness (QED) is 0.507. The van der Waals surface area contributed by atoms with Gasteiger partial charge in [-0.1, -0.05) is 23.2 Å². The van der Waals surface area contributed by atoms with Gasteiger partial charge in [0.1, 0.15) is 17.6 Å². The molecule has 2 aromatic heterocycles. The number of halogens is 2. The average Bonchev–Trinajstić information content (AvgIpc) is 3.08. The van der Waals surface area contributed by atoms with Crippen molar-refractivity contribution in [3.8, 4) is 5.75 Å². The average molecular weight is 425 g/mol. The predicted molar refractivity (Wildman–Crippen MR) is 110 cm³/mol. The zero-order valence-corrected chi connectivity index (χ0v) is 17.0. The molecule has 0 saturated carbocycles. The number of methoxy groups -OCH3 is 1. The van der Waals surface area contributed by atoms with E-state index in [4.69, 9.17) is 44.1 Å². The Kier molecular flexibility index (Phi) is 6.90. The van der Waals surface area contributed by atoms with E-state index in [1.807, 2.05) is 4.57 Å². The van der Waals surface area contributed by atoms with Crippen LogP contribution in [0.1, 0.15) is 18.4 Å². The molecule has 3 aromatic rings. The molecule has 0 bridgehead atoms. The molecule has 0 aliphatic carbocycles. The summed E-state index contributed by atoms with van der Waals surface area (Å²) >= 11 is 12.7. The zero-order valence-electron chi connectivity index (χ0n) is 15.4. The smallest absolute Gasteiger partial charge is 0.165 e. The van der Waals surface area contributed by atoms with Gasteiger partial charge >= 0.3 is 0 Å². The van der Waals surface area contributed by atoms with Crippen LogP contribution in [-0.2, 0) is 11.3 Å². The lowest BCUT2D eigenvalue weighted by Gasteiger charge is -2.16. The van der Waals surface area contributed by atoms with E-state index >= 15 is 0 Å². The molecule has 150 valence electrons. The van der Waals surface area contributed by atoms with Crippen molar-refractivity contribution >= 4 is 40.2 Å². The maximum absolute atomic E-state index is 6.46. The van der Waals surface area contributed by atoms with Crippen molar-refractivity contribution in [2.24, 2.45) is 5.73 Å². The molecule has 0 fully saturated rings. The summed E-state index contributed by atoms with van der Waals surface area (Å²) in [5.74, 6) is 0.975. The number of fused-ring (bicyclic) bond motifs is 1. The number of nitrogens with zero attached hydrogens (tertiary/aromatic N) is 4. The van der Waals surface area contributed by atoms with Crippen molar-refractivity contribution in [1.82, 2.24) is 19.5 Å². The molecule has 0 aliphatic heterocycles. The summed E-state index contributed by atoms with van der Waals surface area (Å²) < 4.78 is 12.8. The van der Waals surface area contributed by atoms with Crippen LogP contribution in [0.15, 0.2) is 24.8 Å². The molecule has 0 aliphatic rings. The van der Waals surface area contributed by atoms with Crippen molar-refractivity contribution in [3.63, 3.8) is 0 Å². The number of benzene rings is 1. The first-order valence-corrected chi connectivity index (χ1v) is 9.52. The molecule has 2 heterocycles. The maximum Gasteiger partial charge on any atom is 0.165 e. The fourth-order valence-corrected chi connectivity index (χ4v) is 3.26. The third-order valence-electron chi connectivity index (χ3n) is 4.27. The number of anilines is 1. The number of imidazole rings is 1. The summed E-state index contributed by atoms with van der Waals surface area (Å²) in [6.07, 6.45) is 4.63. The third kappa shape index (κ3) is 4.64. The Bertz CT molecular complexity index is 949. The molecule has 0 saturated heterocycles. The van der Waals surface area contributed by atoms with E-state index in [2.05, 4.69) is 15.0 Å². The highest BCUT2D eigenvalue weighted by atomic mass is 35.5. The molecular weight excluding hydrogens is 403 g/mol. The van der Waals surface area contributed by atoms with Crippen LogP contribution in [-0.4, -0.2) is 45.9 Å². The Balaban J connectivity index is 1.78. The molecule has 0 spiro atoms. The first kappa shape index (κ1) is 20.6. The second-order valence-corrected chi connectivity index (χ2v) is 7.13. The third-order valence-corrected chi connectivity index (χ3v) is 5.11. The minimum absolute atomic E-state index is 0.00988. The van der Waals surface area contributed by atoms with Gasteiger partial charge in [-0.15, -0.1) is 0 Å². The number of hydrogen-bond donors (Lipinski definition) is 2. The van der Waals surface area contributed by atoms with Crippen LogP contribution in [0.25, 0.3) is 11.2 Å². The lowest BCUT2D eigenvalue weighted by atomic mass is 10.1. The van der Waals surface area contributed by atoms with Gasteiger partial charge < -0.3 is 25.5 Å². The summed E-state index contributed by atoms with van der Waals surface area (Å²) in [5.41, 5.74) is 13.7. The predicted octanol–water partition coefficient (Wildman–Crippen LogP) is 2.90. The van der Waals surface area contributed by atoms with Crippen molar-refractivity contribution in [1.29, 1.82) is 0 Å². The number of ether oxygens (including phenoxy) is 2. The first-order chi connectivity index (χ1) is 13.5. The zero-order chi connectivity index (χ0) is 20.1. The molecule has 1 aromatic carbocycles. The largest absolute Gasteiger partial charge is 0.493 e. The lowest BCUT2D eigenvalue weighted by Crippen LogP contribution is -2.26. The van der Waals surface area contributed by atoms with Crippen LogP contribution in [0.4, 0.5) is 5.82 Å². The second-order valence-electron chi connectivity index (χ2n) is 6.35. The summed E-state index contributed by atoms with van der Waals surface area (Å²) in [4.78, 5) is 12.5. The van der Waals surface area contributed by atoms with Gasteiger partial charge in [0.05, 0.1) is 36.1 Å². The molecule has 3 rings (SSSR count). The van der Waals surface area contributed by atoms with Gasteiger partial charge in [-0.05, 0) is 25.0 Å². The Morgan fingerprint density at radius 2 is 2.04 bits per heavy atom. The van der Waals surface area contributed by atoms with Gasteiger partial charge in [-0.25, -0.2) is 15.0 Å². The summed E-state index contributed by atoms with van der Waals surface area (Å²) in [5, 5.41) is 0.879. The number of nitrogens with two attached hydrogens (primary N) is 2. The topological polar surface area (TPSA) is 114 Å². The minimum Gasteiger partial charge on any atom is -0.493 e. The first-order valence-electron chi connectivity index (χ1n) is 8.76.